The van der Waals surface area contributed by atoms with E-state index in [1.807, 2.05) is 0 Å². The topological polar surface area (TPSA) is 50.2 Å². The molecule has 0 unspecified atom stereocenters. The summed E-state index contributed by atoms with van der Waals surface area (Å²) in [5.41, 5.74) is 2.73. The van der Waals surface area contributed by atoms with Gasteiger partial charge in [0.25, 0.3) is 0 Å². The van der Waals surface area contributed by atoms with E-state index < -0.39 is 5.97 Å². The molecule has 0 aliphatic rings. The van der Waals surface area contributed by atoms with Gasteiger partial charge < -0.3 is 5.11 Å². The largest absolute Gasteiger partial charge is 0.478 e. The summed E-state index contributed by atoms with van der Waals surface area (Å²) in [6.07, 6.45) is 4.68. The summed E-state index contributed by atoms with van der Waals surface area (Å²) >= 11 is 1.47. The van der Waals surface area contributed by atoms with Gasteiger partial charge in [0.05, 0.1) is 16.1 Å². The van der Waals surface area contributed by atoms with Gasteiger partial charge in [-0.1, -0.05) is 13.3 Å². The third-order valence-corrected chi connectivity index (χ3v) is 2.37. The zero-order valence-electron chi connectivity index (χ0n) is 7.36. The highest BCUT2D eigenvalue weighted by atomic mass is 32.1. The van der Waals surface area contributed by atoms with E-state index in [1.165, 1.54) is 11.3 Å². The molecule has 0 aliphatic heterocycles. The Labute approximate surface area is 80.7 Å². The van der Waals surface area contributed by atoms with Crippen LogP contribution in [0.2, 0.25) is 0 Å². The van der Waals surface area contributed by atoms with Crippen LogP contribution in [0.1, 0.15) is 23.9 Å². The Bertz CT molecular complexity index is 317. The van der Waals surface area contributed by atoms with Crippen LogP contribution in [0.4, 0.5) is 0 Å². The molecule has 1 N–H and O–H groups in total. The number of rotatable bonds is 4. The molecule has 0 bridgehead atoms. The Kier molecular flexibility index (Phi) is 3.64. The summed E-state index contributed by atoms with van der Waals surface area (Å²) in [4.78, 5) is 15.4. The minimum absolute atomic E-state index is 0.906. The lowest BCUT2D eigenvalue weighted by atomic mass is 10.2. The average molecular weight is 197 g/mol. The molecule has 0 saturated carbocycles. The lowest BCUT2D eigenvalue weighted by Crippen LogP contribution is -1.88. The van der Waals surface area contributed by atoms with E-state index in [2.05, 4.69) is 11.9 Å². The van der Waals surface area contributed by atoms with E-state index >= 15 is 0 Å². The van der Waals surface area contributed by atoms with Crippen molar-refractivity contribution >= 4 is 23.4 Å². The summed E-state index contributed by atoms with van der Waals surface area (Å²) < 4.78 is 0. The number of carbonyl (C=O) groups is 1. The fourth-order valence-electron chi connectivity index (χ4n) is 0.985. The SMILES string of the molecule is CCCc1ncsc1/C=C/C(=O)O. The van der Waals surface area contributed by atoms with Gasteiger partial charge in [-0.3, -0.25) is 0 Å². The third-order valence-electron chi connectivity index (χ3n) is 1.54. The zero-order valence-corrected chi connectivity index (χ0v) is 8.17. The van der Waals surface area contributed by atoms with Crippen molar-refractivity contribution in [1.29, 1.82) is 0 Å². The van der Waals surface area contributed by atoms with E-state index in [9.17, 15) is 4.79 Å². The maximum absolute atomic E-state index is 10.3. The Morgan fingerprint density at radius 1 is 1.77 bits per heavy atom. The second kappa shape index (κ2) is 4.77. The number of thiazole rings is 1. The quantitative estimate of drug-likeness (QED) is 0.753. The maximum Gasteiger partial charge on any atom is 0.328 e. The number of aryl methyl sites for hydroxylation is 1. The number of carboxylic acid groups (broad SMARTS) is 1. The minimum Gasteiger partial charge on any atom is -0.478 e. The predicted octanol–water partition coefficient (Wildman–Crippen LogP) is 2.19. The van der Waals surface area contributed by atoms with Crippen LogP contribution in [0.3, 0.4) is 0 Å². The van der Waals surface area contributed by atoms with Crippen molar-refractivity contribution in [1.82, 2.24) is 4.98 Å². The van der Waals surface area contributed by atoms with E-state index in [-0.39, 0.29) is 0 Å². The Hall–Kier alpha value is -1.16. The summed E-state index contributed by atoms with van der Waals surface area (Å²) in [6, 6.07) is 0. The van der Waals surface area contributed by atoms with Gasteiger partial charge in [-0.2, -0.15) is 0 Å². The summed E-state index contributed by atoms with van der Waals surface area (Å²) in [5.74, 6) is -0.921. The Morgan fingerprint density at radius 3 is 3.15 bits per heavy atom. The van der Waals surface area contributed by atoms with Gasteiger partial charge in [-0.05, 0) is 12.5 Å². The smallest absolute Gasteiger partial charge is 0.328 e. The van der Waals surface area contributed by atoms with Crippen LogP contribution in [0.15, 0.2) is 11.6 Å². The standard InChI is InChI=1S/C9H11NO2S/c1-2-3-7-8(13-6-10-7)4-5-9(11)12/h4-6H,2-3H2,1H3,(H,11,12)/b5-4+. The van der Waals surface area contributed by atoms with Crippen molar-refractivity contribution < 1.29 is 9.90 Å². The number of hydrogen-bond acceptors (Lipinski definition) is 3. The highest BCUT2D eigenvalue weighted by Gasteiger charge is 2.01. The van der Waals surface area contributed by atoms with E-state index in [0.29, 0.717) is 0 Å². The first-order valence-electron chi connectivity index (χ1n) is 4.07. The predicted molar refractivity (Wildman–Crippen MR) is 52.8 cm³/mol. The Morgan fingerprint density at radius 2 is 2.54 bits per heavy atom. The Balaban J connectivity index is 2.75. The third kappa shape index (κ3) is 2.99. The fourth-order valence-corrected chi connectivity index (χ4v) is 1.72. The first-order chi connectivity index (χ1) is 6.24. The van der Waals surface area contributed by atoms with Crippen molar-refractivity contribution in [2.24, 2.45) is 0 Å². The molecule has 0 saturated heterocycles. The number of aliphatic carboxylic acids is 1. The van der Waals surface area contributed by atoms with Gasteiger partial charge in [0.1, 0.15) is 0 Å². The molecular formula is C9H11NO2S. The van der Waals surface area contributed by atoms with Crippen molar-refractivity contribution in [2.75, 3.05) is 0 Å². The van der Waals surface area contributed by atoms with Crippen molar-refractivity contribution in [3.05, 3.63) is 22.2 Å². The molecule has 1 aromatic rings. The van der Waals surface area contributed by atoms with Crippen LogP contribution >= 0.6 is 11.3 Å². The number of hydrogen-bond donors (Lipinski definition) is 1. The van der Waals surface area contributed by atoms with Crippen LogP contribution in [-0.2, 0) is 11.2 Å². The molecular weight excluding hydrogens is 186 g/mol. The molecule has 3 nitrogen and oxygen atoms in total. The number of aromatic nitrogens is 1. The lowest BCUT2D eigenvalue weighted by molar-refractivity contribution is -0.131. The van der Waals surface area contributed by atoms with E-state index in [0.717, 1.165) is 29.5 Å². The molecule has 70 valence electrons. The molecule has 0 aliphatic carbocycles. The van der Waals surface area contributed by atoms with Crippen LogP contribution in [-0.4, -0.2) is 16.1 Å². The van der Waals surface area contributed by atoms with Gasteiger partial charge in [-0.25, -0.2) is 9.78 Å². The molecule has 0 atom stereocenters. The number of carboxylic acids is 1. The molecule has 1 heterocycles. The molecule has 4 heteroatoms. The van der Waals surface area contributed by atoms with Gasteiger partial charge in [-0.15, -0.1) is 11.3 Å². The fraction of sp³-hybridized carbons (Fsp3) is 0.333. The first kappa shape index (κ1) is 9.92. The summed E-state index contributed by atoms with van der Waals surface area (Å²) in [7, 11) is 0. The molecule has 0 amide bonds. The zero-order chi connectivity index (χ0) is 9.68. The molecule has 0 radical (unpaired) electrons. The van der Waals surface area contributed by atoms with Crippen molar-refractivity contribution in [2.45, 2.75) is 19.8 Å². The second-order valence-electron chi connectivity index (χ2n) is 2.58. The van der Waals surface area contributed by atoms with Gasteiger partial charge >= 0.3 is 5.97 Å². The molecule has 0 aromatic carbocycles. The summed E-state index contributed by atoms with van der Waals surface area (Å²) in [5, 5.41) is 8.43. The molecule has 0 spiro atoms. The monoisotopic (exact) mass is 197 g/mol. The van der Waals surface area contributed by atoms with Crippen LogP contribution in [0.5, 0.6) is 0 Å². The van der Waals surface area contributed by atoms with Crippen molar-refractivity contribution in [3.8, 4) is 0 Å². The lowest BCUT2D eigenvalue weighted by Gasteiger charge is -1.92. The minimum atomic E-state index is -0.921. The van der Waals surface area contributed by atoms with Gasteiger partial charge in [0, 0.05) is 6.08 Å². The summed E-state index contributed by atoms with van der Waals surface area (Å²) in [6.45, 7) is 2.07. The first-order valence-corrected chi connectivity index (χ1v) is 4.95. The molecule has 1 rings (SSSR count). The molecule has 1 aromatic heterocycles. The second-order valence-corrected chi connectivity index (χ2v) is 3.47. The highest BCUT2D eigenvalue weighted by Crippen LogP contribution is 2.16. The average Bonchev–Trinajstić information content (AvgIpc) is 2.49. The molecule has 13 heavy (non-hydrogen) atoms. The highest BCUT2D eigenvalue weighted by molar-refractivity contribution is 7.10. The van der Waals surface area contributed by atoms with Crippen LogP contribution in [0, 0.1) is 0 Å². The van der Waals surface area contributed by atoms with E-state index in [4.69, 9.17) is 5.11 Å². The van der Waals surface area contributed by atoms with Crippen molar-refractivity contribution in [3.63, 3.8) is 0 Å². The van der Waals surface area contributed by atoms with Crippen LogP contribution < -0.4 is 0 Å². The normalized spacial score (nSPS) is 10.8. The van der Waals surface area contributed by atoms with Gasteiger partial charge in [0.15, 0.2) is 0 Å². The number of nitrogens with zero attached hydrogens (tertiary/aromatic N) is 1. The molecule has 0 fully saturated rings. The van der Waals surface area contributed by atoms with Crippen LogP contribution in [0.25, 0.3) is 6.08 Å². The van der Waals surface area contributed by atoms with E-state index in [1.54, 1.807) is 11.6 Å². The van der Waals surface area contributed by atoms with Gasteiger partial charge in [0.2, 0.25) is 0 Å². The maximum atomic E-state index is 10.3.